The average molecular weight is 352 g/mol. The second kappa shape index (κ2) is 7.78. The Kier molecular flexibility index (Phi) is 5.27. The van der Waals surface area contributed by atoms with Crippen molar-refractivity contribution in [2.45, 2.75) is 6.92 Å². The molecule has 0 spiro atoms. The molecule has 0 unspecified atom stereocenters. The van der Waals surface area contributed by atoms with Gasteiger partial charge >= 0.3 is 0 Å². The van der Waals surface area contributed by atoms with E-state index in [0.29, 0.717) is 35.2 Å². The molecule has 0 bridgehead atoms. The molecular formula is C21H20O5. The van der Waals surface area contributed by atoms with Crippen molar-refractivity contribution in [3.05, 3.63) is 59.9 Å². The van der Waals surface area contributed by atoms with Gasteiger partial charge in [-0.05, 0) is 42.8 Å². The zero-order valence-corrected chi connectivity index (χ0v) is 14.9. The number of ether oxygens (including phenoxy) is 3. The van der Waals surface area contributed by atoms with E-state index in [1.807, 2.05) is 31.2 Å². The van der Waals surface area contributed by atoms with E-state index < -0.39 is 0 Å². The maximum Gasteiger partial charge on any atom is 0.221 e. The van der Waals surface area contributed by atoms with E-state index in [4.69, 9.17) is 18.6 Å². The number of rotatable bonds is 7. The van der Waals surface area contributed by atoms with E-state index in [9.17, 15) is 4.79 Å². The first kappa shape index (κ1) is 17.6. The number of ketones is 1. The van der Waals surface area contributed by atoms with Crippen LogP contribution in [-0.2, 0) is 0 Å². The molecule has 3 rings (SSSR count). The molecule has 0 fully saturated rings. The summed E-state index contributed by atoms with van der Waals surface area (Å²) >= 11 is 0. The van der Waals surface area contributed by atoms with E-state index in [-0.39, 0.29) is 5.78 Å². The van der Waals surface area contributed by atoms with E-state index in [1.54, 1.807) is 38.5 Å². The molecule has 1 heterocycles. The van der Waals surface area contributed by atoms with Gasteiger partial charge in [-0.15, -0.1) is 0 Å². The Bertz CT molecular complexity index is 894. The molecule has 0 aliphatic heterocycles. The van der Waals surface area contributed by atoms with Crippen LogP contribution in [0, 0.1) is 0 Å². The molecular weight excluding hydrogens is 332 g/mol. The standard InChI is InChI=1S/C21H20O5/c1-4-25-21-19(23-2)11-14(12-20(21)24-3)9-10-16(22)18-13-15-7-5-6-8-17(15)26-18/h5-13H,4H2,1-3H3/b10-9+. The van der Waals surface area contributed by atoms with Gasteiger partial charge in [-0.25, -0.2) is 0 Å². The molecule has 134 valence electrons. The van der Waals surface area contributed by atoms with Crippen molar-refractivity contribution in [2.24, 2.45) is 0 Å². The Morgan fingerprint density at radius 2 is 1.77 bits per heavy atom. The summed E-state index contributed by atoms with van der Waals surface area (Å²) in [5.74, 6) is 1.71. The topological polar surface area (TPSA) is 57.9 Å². The van der Waals surface area contributed by atoms with Gasteiger partial charge in [-0.3, -0.25) is 4.79 Å². The Morgan fingerprint density at radius 1 is 1.08 bits per heavy atom. The van der Waals surface area contributed by atoms with Crippen molar-refractivity contribution in [1.82, 2.24) is 0 Å². The SMILES string of the molecule is CCOc1c(OC)cc(/C=C/C(=O)c2cc3ccccc3o2)cc1OC. The Hall–Kier alpha value is -3.21. The van der Waals surface area contributed by atoms with Crippen LogP contribution in [0.15, 0.2) is 53.0 Å². The first-order valence-corrected chi connectivity index (χ1v) is 8.26. The lowest BCUT2D eigenvalue weighted by Gasteiger charge is -2.14. The summed E-state index contributed by atoms with van der Waals surface area (Å²) in [6, 6.07) is 12.8. The highest BCUT2D eigenvalue weighted by Gasteiger charge is 2.14. The van der Waals surface area contributed by atoms with Gasteiger partial charge in [0, 0.05) is 5.39 Å². The summed E-state index contributed by atoms with van der Waals surface area (Å²) in [5.41, 5.74) is 1.44. The molecule has 0 saturated carbocycles. The zero-order valence-electron chi connectivity index (χ0n) is 14.9. The van der Waals surface area contributed by atoms with Gasteiger partial charge in [0.05, 0.1) is 20.8 Å². The molecule has 0 saturated heterocycles. The smallest absolute Gasteiger partial charge is 0.221 e. The number of methoxy groups -OCH3 is 2. The van der Waals surface area contributed by atoms with Gasteiger partial charge in [0.2, 0.25) is 11.5 Å². The molecule has 0 radical (unpaired) electrons. The number of carbonyl (C=O) groups excluding carboxylic acids is 1. The average Bonchev–Trinajstić information content (AvgIpc) is 3.11. The number of furan rings is 1. The monoisotopic (exact) mass is 352 g/mol. The molecule has 0 N–H and O–H groups in total. The molecule has 0 aliphatic rings. The highest BCUT2D eigenvalue weighted by atomic mass is 16.5. The maximum absolute atomic E-state index is 12.4. The van der Waals surface area contributed by atoms with E-state index in [0.717, 1.165) is 10.9 Å². The lowest BCUT2D eigenvalue weighted by Crippen LogP contribution is -1.99. The first-order valence-electron chi connectivity index (χ1n) is 8.26. The maximum atomic E-state index is 12.4. The van der Waals surface area contributed by atoms with Crippen LogP contribution in [0.4, 0.5) is 0 Å². The summed E-state index contributed by atoms with van der Waals surface area (Å²) in [7, 11) is 3.12. The van der Waals surface area contributed by atoms with E-state index in [2.05, 4.69) is 0 Å². The summed E-state index contributed by atoms with van der Waals surface area (Å²) in [6.07, 6.45) is 3.16. The third kappa shape index (κ3) is 3.57. The van der Waals surface area contributed by atoms with Crippen molar-refractivity contribution in [2.75, 3.05) is 20.8 Å². The van der Waals surface area contributed by atoms with Crippen LogP contribution in [0.3, 0.4) is 0 Å². The Balaban J connectivity index is 1.88. The minimum Gasteiger partial charge on any atom is -0.493 e. The van der Waals surface area contributed by atoms with Gasteiger partial charge in [0.25, 0.3) is 0 Å². The molecule has 2 aromatic carbocycles. The van der Waals surface area contributed by atoms with Crippen molar-refractivity contribution < 1.29 is 23.4 Å². The fraction of sp³-hybridized carbons (Fsp3) is 0.190. The number of carbonyl (C=O) groups is 1. The second-order valence-electron chi connectivity index (χ2n) is 5.53. The number of hydrogen-bond donors (Lipinski definition) is 0. The molecule has 3 aromatic rings. The van der Waals surface area contributed by atoms with E-state index in [1.165, 1.54) is 6.08 Å². The van der Waals surface area contributed by atoms with Crippen LogP contribution in [0.5, 0.6) is 17.2 Å². The molecule has 0 amide bonds. The predicted molar refractivity (Wildman–Crippen MR) is 100 cm³/mol. The second-order valence-corrected chi connectivity index (χ2v) is 5.53. The van der Waals surface area contributed by atoms with Crippen LogP contribution in [0.1, 0.15) is 23.0 Å². The quantitative estimate of drug-likeness (QED) is 0.454. The summed E-state index contributed by atoms with van der Waals surface area (Å²) in [6.45, 7) is 2.38. The van der Waals surface area contributed by atoms with Crippen LogP contribution >= 0.6 is 0 Å². The molecule has 0 aliphatic carbocycles. The van der Waals surface area contributed by atoms with Gasteiger partial charge in [0.1, 0.15) is 5.58 Å². The molecule has 5 nitrogen and oxygen atoms in total. The fourth-order valence-electron chi connectivity index (χ4n) is 2.64. The van der Waals surface area contributed by atoms with Crippen molar-refractivity contribution >= 4 is 22.8 Å². The van der Waals surface area contributed by atoms with Crippen molar-refractivity contribution in [3.63, 3.8) is 0 Å². The fourth-order valence-corrected chi connectivity index (χ4v) is 2.64. The summed E-state index contributed by atoms with van der Waals surface area (Å²) in [4.78, 5) is 12.4. The normalized spacial score (nSPS) is 11.0. The molecule has 26 heavy (non-hydrogen) atoms. The Morgan fingerprint density at radius 3 is 2.38 bits per heavy atom. The summed E-state index contributed by atoms with van der Waals surface area (Å²) < 4.78 is 21.9. The minimum atomic E-state index is -0.215. The van der Waals surface area contributed by atoms with Gasteiger partial charge < -0.3 is 18.6 Å². The molecule has 0 atom stereocenters. The number of fused-ring (bicyclic) bond motifs is 1. The number of hydrogen-bond acceptors (Lipinski definition) is 5. The first-order chi connectivity index (χ1) is 12.7. The predicted octanol–water partition coefficient (Wildman–Crippen LogP) is 4.74. The van der Waals surface area contributed by atoms with Crippen LogP contribution in [0.2, 0.25) is 0 Å². The third-order valence-corrected chi connectivity index (χ3v) is 3.87. The highest BCUT2D eigenvalue weighted by Crippen LogP contribution is 2.38. The lowest BCUT2D eigenvalue weighted by atomic mass is 10.1. The van der Waals surface area contributed by atoms with Crippen LogP contribution in [0.25, 0.3) is 17.0 Å². The van der Waals surface area contributed by atoms with Gasteiger partial charge in [-0.1, -0.05) is 24.3 Å². The Labute approximate surface area is 151 Å². The minimum absolute atomic E-state index is 0.215. The highest BCUT2D eigenvalue weighted by molar-refractivity contribution is 6.07. The molecule has 5 heteroatoms. The van der Waals surface area contributed by atoms with Gasteiger partial charge in [0.15, 0.2) is 17.3 Å². The van der Waals surface area contributed by atoms with Crippen LogP contribution < -0.4 is 14.2 Å². The van der Waals surface area contributed by atoms with Crippen LogP contribution in [-0.4, -0.2) is 26.6 Å². The third-order valence-electron chi connectivity index (χ3n) is 3.87. The largest absolute Gasteiger partial charge is 0.493 e. The number of para-hydroxylation sites is 1. The van der Waals surface area contributed by atoms with Gasteiger partial charge in [-0.2, -0.15) is 0 Å². The number of allylic oxidation sites excluding steroid dienone is 1. The number of benzene rings is 2. The van der Waals surface area contributed by atoms with Crippen molar-refractivity contribution in [3.8, 4) is 17.2 Å². The zero-order chi connectivity index (χ0) is 18.5. The lowest BCUT2D eigenvalue weighted by molar-refractivity contribution is 0.102. The molecule has 1 aromatic heterocycles. The van der Waals surface area contributed by atoms with E-state index >= 15 is 0 Å². The summed E-state index contributed by atoms with van der Waals surface area (Å²) in [5, 5.41) is 0.897. The van der Waals surface area contributed by atoms with Crippen molar-refractivity contribution in [1.29, 1.82) is 0 Å².